The van der Waals surface area contributed by atoms with Gasteiger partial charge in [-0.1, -0.05) is 58.5 Å². The zero-order chi connectivity index (χ0) is 7.98. The molecule has 0 fully saturated rings. The first-order valence-electron chi connectivity index (χ1n) is 3.91. The second kappa shape index (κ2) is 6.66. The van der Waals surface area contributed by atoms with Crippen molar-refractivity contribution in [2.45, 2.75) is 49.2 Å². The predicted molar refractivity (Wildman–Crippen MR) is 55.2 cm³/mol. The topological polar surface area (TPSA) is 0 Å². The Morgan fingerprint density at radius 3 is 1.40 bits per heavy atom. The van der Waals surface area contributed by atoms with Gasteiger partial charge in [-0.2, -0.15) is 0 Å². The SMILES string of the molecule is CC(Br)CCCCC(C)Br. The van der Waals surface area contributed by atoms with E-state index in [1.807, 2.05) is 0 Å². The lowest BCUT2D eigenvalue weighted by Crippen LogP contribution is -1.93. The normalized spacial score (nSPS) is 16.8. The molecular weight excluding hydrogens is 256 g/mol. The van der Waals surface area contributed by atoms with Gasteiger partial charge in [0, 0.05) is 9.65 Å². The van der Waals surface area contributed by atoms with Crippen molar-refractivity contribution in [3.63, 3.8) is 0 Å². The smallest absolute Gasteiger partial charge is 0.0117 e. The Bertz CT molecular complexity index is 59.7. The maximum atomic E-state index is 3.53. The van der Waals surface area contributed by atoms with Gasteiger partial charge in [-0.25, -0.2) is 0 Å². The summed E-state index contributed by atoms with van der Waals surface area (Å²) in [6.07, 6.45) is 5.31. The molecule has 0 aliphatic carbocycles. The van der Waals surface area contributed by atoms with Crippen LogP contribution in [0.3, 0.4) is 0 Å². The Balaban J connectivity index is 2.91. The van der Waals surface area contributed by atoms with Crippen molar-refractivity contribution in [2.75, 3.05) is 0 Å². The minimum atomic E-state index is 0.693. The lowest BCUT2D eigenvalue weighted by Gasteiger charge is -2.03. The monoisotopic (exact) mass is 270 g/mol. The van der Waals surface area contributed by atoms with Crippen LogP contribution in [0.4, 0.5) is 0 Å². The van der Waals surface area contributed by atoms with Crippen molar-refractivity contribution in [1.82, 2.24) is 0 Å². The van der Waals surface area contributed by atoms with Gasteiger partial charge in [0.2, 0.25) is 0 Å². The summed E-state index contributed by atoms with van der Waals surface area (Å²) in [5.74, 6) is 0. The number of hydrogen-bond acceptors (Lipinski definition) is 0. The average molecular weight is 272 g/mol. The summed E-state index contributed by atoms with van der Waals surface area (Å²) in [6, 6.07) is 0. The van der Waals surface area contributed by atoms with Crippen LogP contribution in [0.15, 0.2) is 0 Å². The molecule has 0 aromatic rings. The lowest BCUT2D eigenvalue weighted by atomic mass is 10.1. The third kappa shape index (κ3) is 8.96. The van der Waals surface area contributed by atoms with E-state index in [0.717, 1.165) is 0 Å². The molecule has 0 aliphatic heterocycles. The van der Waals surface area contributed by atoms with E-state index < -0.39 is 0 Å². The first kappa shape index (κ1) is 11.0. The molecule has 0 heterocycles. The third-order valence-corrected chi connectivity index (χ3v) is 2.37. The fourth-order valence-corrected chi connectivity index (χ4v) is 1.50. The largest absolute Gasteiger partial charge is 0.0894 e. The Hall–Kier alpha value is 0.960. The van der Waals surface area contributed by atoms with E-state index in [4.69, 9.17) is 0 Å². The second-order valence-corrected chi connectivity index (χ2v) is 5.97. The van der Waals surface area contributed by atoms with Crippen LogP contribution in [0.5, 0.6) is 0 Å². The van der Waals surface area contributed by atoms with Crippen LogP contribution >= 0.6 is 31.9 Å². The first-order chi connectivity index (χ1) is 4.63. The Morgan fingerprint density at radius 2 is 1.20 bits per heavy atom. The summed E-state index contributed by atoms with van der Waals surface area (Å²) in [5.41, 5.74) is 0. The summed E-state index contributed by atoms with van der Waals surface area (Å²) in [4.78, 5) is 1.39. The number of halogens is 2. The highest BCUT2D eigenvalue weighted by molar-refractivity contribution is 9.09. The van der Waals surface area contributed by atoms with Crippen LogP contribution < -0.4 is 0 Å². The highest BCUT2D eigenvalue weighted by Crippen LogP contribution is 2.13. The lowest BCUT2D eigenvalue weighted by molar-refractivity contribution is 0.643. The maximum Gasteiger partial charge on any atom is 0.0117 e. The van der Waals surface area contributed by atoms with Crippen molar-refractivity contribution in [3.8, 4) is 0 Å². The molecule has 2 atom stereocenters. The fourth-order valence-electron chi connectivity index (χ4n) is 0.851. The Morgan fingerprint density at radius 1 is 0.900 bits per heavy atom. The van der Waals surface area contributed by atoms with Crippen molar-refractivity contribution in [3.05, 3.63) is 0 Å². The third-order valence-electron chi connectivity index (χ3n) is 1.45. The van der Waals surface area contributed by atoms with E-state index in [1.54, 1.807) is 0 Å². The summed E-state index contributed by atoms with van der Waals surface area (Å²) < 4.78 is 0. The number of unbranched alkanes of at least 4 members (excludes halogenated alkanes) is 1. The van der Waals surface area contributed by atoms with E-state index in [0.29, 0.717) is 9.65 Å². The van der Waals surface area contributed by atoms with Gasteiger partial charge < -0.3 is 0 Å². The highest BCUT2D eigenvalue weighted by atomic mass is 79.9. The van der Waals surface area contributed by atoms with Crippen LogP contribution in [0.25, 0.3) is 0 Å². The maximum absolute atomic E-state index is 3.53. The fraction of sp³-hybridized carbons (Fsp3) is 1.00. The van der Waals surface area contributed by atoms with Crippen molar-refractivity contribution >= 4 is 31.9 Å². The first-order valence-corrected chi connectivity index (χ1v) is 5.74. The van der Waals surface area contributed by atoms with Crippen LogP contribution in [0, 0.1) is 0 Å². The summed E-state index contributed by atoms with van der Waals surface area (Å²) in [7, 11) is 0. The van der Waals surface area contributed by atoms with Crippen LogP contribution in [0.2, 0.25) is 0 Å². The number of rotatable bonds is 5. The molecule has 0 aliphatic rings. The average Bonchev–Trinajstić information content (AvgIpc) is 1.79. The Kier molecular flexibility index (Phi) is 7.30. The summed E-state index contributed by atoms with van der Waals surface area (Å²) in [6.45, 7) is 4.41. The van der Waals surface area contributed by atoms with Crippen LogP contribution in [0.1, 0.15) is 39.5 Å². The highest BCUT2D eigenvalue weighted by Gasteiger charge is 1.97. The van der Waals surface area contributed by atoms with Gasteiger partial charge in [0.05, 0.1) is 0 Å². The minimum Gasteiger partial charge on any atom is -0.0894 e. The van der Waals surface area contributed by atoms with Gasteiger partial charge in [0.15, 0.2) is 0 Å². The molecule has 0 saturated carbocycles. The quantitative estimate of drug-likeness (QED) is 0.521. The van der Waals surface area contributed by atoms with Crippen LogP contribution in [-0.4, -0.2) is 9.65 Å². The van der Waals surface area contributed by atoms with Gasteiger partial charge in [0.1, 0.15) is 0 Å². The molecule has 0 spiro atoms. The second-order valence-electron chi connectivity index (χ2n) is 2.85. The number of hydrogen-bond donors (Lipinski definition) is 0. The standard InChI is InChI=1S/C8H16Br2/c1-7(9)5-3-4-6-8(2)10/h7-8H,3-6H2,1-2H3. The molecule has 0 nitrogen and oxygen atoms in total. The summed E-state index contributed by atoms with van der Waals surface area (Å²) in [5, 5.41) is 0. The van der Waals surface area contributed by atoms with Gasteiger partial charge in [-0.3, -0.25) is 0 Å². The Labute approximate surface area is 81.0 Å². The molecule has 62 valence electrons. The molecule has 0 N–H and O–H groups in total. The molecule has 0 amide bonds. The zero-order valence-corrected chi connectivity index (χ0v) is 9.91. The molecule has 0 radical (unpaired) electrons. The van der Waals surface area contributed by atoms with Gasteiger partial charge in [0.25, 0.3) is 0 Å². The van der Waals surface area contributed by atoms with Crippen LogP contribution in [-0.2, 0) is 0 Å². The van der Waals surface area contributed by atoms with E-state index in [-0.39, 0.29) is 0 Å². The van der Waals surface area contributed by atoms with Gasteiger partial charge in [-0.15, -0.1) is 0 Å². The molecule has 0 aromatic heterocycles. The van der Waals surface area contributed by atoms with E-state index in [9.17, 15) is 0 Å². The molecule has 10 heavy (non-hydrogen) atoms. The molecule has 0 aromatic carbocycles. The van der Waals surface area contributed by atoms with Crippen molar-refractivity contribution in [1.29, 1.82) is 0 Å². The van der Waals surface area contributed by atoms with Crippen molar-refractivity contribution in [2.24, 2.45) is 0 Å². The van der Waals surface area contributed by atoms with Crippen molar-refractivity contribution < 1.29 is 0 Å². The van der Waals surface area contributed by atoms with E-state index >= 15 is 0 Å². The van der Waals surface area contributed by atoms with E-state index in [1.165, 1.54) is 25.7 Å². The molecule has 2 heteroatoms. The predicted octanol–water partition coefficient (Wildman–Crippen LogP) is 4.11. The minimum absolute atomic E-state index is 0.693. The van der Waals surface area contributed by atoms with Gasteiger partial charge in [-0.05, 0) is 12.8 Å². The van der Waals surface area contributed by atoms with Gasteiger partial charge >= 0.3 is 0 Å². The molecular formula is C8H16Br2. The molecule has 0 saturated heterocycles. The zero-order valence-electron chi connectivity index (χ0n) is 6.74. The van der Waals surface area contributed by atoms with E-state index in [2.05, 4.69) is 45.7 Å². The molecule has 0 bridgehead atoms. The molecule has 0 rings (SSSR count). The summed E-state index contributed by atoms with van der Waals surface area (Å²) >= 11 is 7.06. The number of alkyl halides is 2. The molecule has 2 unspecified atom stereocenters.